The molecule has 1 heterocycles. The van der Waals surface area contributed by atoms with E-state index in [0.717, 1.165) is 57.2 Å². The van der Waals surface area contributed by atoms with Crippen molar-refractivity contribution in [2.75, 3.05) is 59.5 Å². The van der Waals surface area contributed by atoms with E-state index in [1.807, 2.05) is 19.1 Å². The van der Waals surface area contributed by atoms with Gasteiger partial charge >= 0.3 is 6.18 Å². The first-order valence-electron chi connectivity index (χ1n) is 11.0. The van der Waals surface area contributed by atoms with Crippen LogP contribution in [0.2, 0.25) is 0 Å². The summed E-state index contributed by atoms with van der Waals surface area (Å²) in [6.45, 7) is 8.55. The largest absolute Gasteiger partial charge is 0.411 e. The Hall–Kier alpha value is -1.84. The zero-order valence-corrected chi connectivity index (χ0v) is 18.7. The van der Waals surface area contributed by atoms with E-state index in [0.29, 0.717) is 12.1 Å². The van der Waals surface area contributed by atoms with Gasteiger partial charge in [-0.25, -0.2) is 4.99 Å². The average molecular weight is 444 g/mol. The second-order valence-electron chi connectivity index (χ2n) is 7.90. The molecule has 1 aliphatic rings. The summed E-state index contributed by atoms with van der Waals surface area (Å²) in [5.41, 5.74) is 1.70. The van der Waals surface area contributed by atoms with Crippen LogP contribution in [-0.4, -0.2) is 81.4 Å². The normalized spacial score (nSPS) is 16.9. The summed E-state index contributed by atoms with van der Waals surface area (Å²) >= 11 is 0. The van der Waals surface area contributed by atoms with Crippen LogP contribution in [0.4, 0.5) is 13.2 Å². The SMILES string of the molecule is CCNC(=NCc1ccc(COCC(F)(F)F)cc1)NCCCN1CCCN(C)CC1. The van der Waals surface area contributed by atoms with E-state index in [1.165, 1.54) is 13.0 Å². The van der Waals surface area contributed by atoms with Crippen LogP contribution in [0, 0.1) is 0 Å². The van der Waals surface area contributed by atoms with Gasteiger partial charge in [0, 0.05) is 26.2 Å². The third-order valence-electron chi connectivity index (χ3n) is 5.08. The number of nitrogens with one attached hydrogen (secondary N) is 2. The highest BCUT2D eigenvalue weighted by atomic mass is 19.4. The Morgan fingerprint density at radius 3 is 2.52 bits per heavy atom. The number of rotatable bonds is 10. The Balaban J connectivity index is 1.72. The van der Waals surface area contributed by atoms with Crippen molar-refractivity contribution < 1.29 is 17.9 Å². The highest BCUT2D eigenvalue weighted by Gasteiger charge is 2.27. The maximum absolute atomic E-state index is 12.1. The van der Waals surface area contributed by atoms with Gasteiger partial charge in [0.2, 0.25) is 0 Å². The van der Waals surface area contributed by atoms with Crippen LogP contribution >= 0.6 is 0 Å². The number of hydrogen-bond donors (Lipinski definition) is 2. The molecule has 6 nitrogen and oxygen atoms in total. The van der Waals surface area contributed by atoms with Gasteiger partial charge in [-0.2, -0.15) is 13.2 Å². The Bertz CT molecular complexity index is 652. The second kappa shape index (κ2) is 13.5. The van der Waals surface area contributed by atoms with Gasteiger partial charge in [-0.1, -0.05) is 24.3 Å². The summed E-state index contributed by atoms with van der Waals surface area (Å²) in [7, 11) is 2.18. The van der Waals surface area contributed by atoms with E-state index in [9.17, 15) is 13.2 Å². The molecule has 2 N–H and O–H groups in total. The van der Waals surface area contributed by atoms with E-state index < -0.39 is 12.8 Å². The minimum Gasteiger partial charge on any atom is -0.367 e. The standard InChI is InChI=1S/C22H36F3N5O/c1-3-26-21(27-10-4-12-30-13-5-11-29(2)14-15-30)28-16-19-6-8-20(9-7-19)17-31-18-22(23,24)25/h6-9H,3-5,10-18H2,1-2H3,(H2,26,27,28). The summed E-state index contributed by atoms with van der Waals surface area (Å²) in [4.78, 5) is 9.52. The molecule has 0 aromatic heterocycles. The Morgan fingerprint density at radius 2 is 1.81 bits per heavy atom. The van der Waals surface area contributed by atoms with E-state index in [1.54, 1.807) is 12.1 Å². The van der Waals surface area contributed by atoms with E-state index >= 15 is 0 Å². The van der Waals surface area contributed by atoms with Gasteiger partial charge in [0.15, 0.2) is 5.96 Å². The lowest BCUT2D eigenvalue weighted by atomic mass is 10.1. The molecule has 0 atom stereocenters. The van der Waals surface area contributed by atoms with Crippen molar-refractivity contribution >= 4 is 5.96 Å². The molecular weight excluding hydrogens is 407 g/mol. The minimum absolute atomic E-state index is 0.0550. The minimum atomic E-state index is -4.30. The van der Waals surface area contributed by atoms with Crippen LogP contribution in [0.25, 0.3) is 0 Å². The lowest BCUT2D eigenvalue weighted by molar-refractivity contribution is -0.176. The lowest BCUT2D eigenvalue weighted by Crippen LogP contribution is -2.39. The highest BCUT2D eigenvalue weighted by molar-refractivity contribution is 5.79. The van der Waals surface area contributed by atoms with E-state index in [-0.39, 0.29) is 6.61 Å². The van der Waals surface area contributed by atoms with Crippen LogP contribution in [0.3, 0.4) is 0 Å². The third kappa shape index (κ3) is 11.4. The molecule has 176 valence electrons. The van der Waals surface area contributed by atoms with Gasteiger partial charge in [0.05, 0.1) is 13.2 Å². The summed E-state index contributed by atoms with van der Waals surface area (Å²) < 4.78 is 41.1. The predicted octanol–water partition coefficient (Wildman–Crippen LogP) is 2.85. The number of guanidine groups is 1. The molecule has 1 aliphatic heterocycles. The van der Waals surface area contributed by atoms with E-state index in [4.69, 9.17) is 0 Å². The fraction of sp³-hybridized carbons (Fsp3) is 0.682. The van der Waals surface area contributed by atoms with Gasteiger partial charge in [-0.3, -0.25) is 0 Å². The van der Waals surface area contributed by atoms with Crippen molar-refractivity contribution in [3.05, 3.63) is 35.4 Å². The molecule has 2 rings (SSSR count). The molecule has 1 saturated heterocycles. The first kappa shape index (κ1) is 25.4. The number of benzene rings is 1. The molecule has 0 bridgehead atoms. The number of hydrogen-bond acceptors (Lipinski definition) is 4. The zero-order chi connectivity index (χ0) is 22.5. The van der Waals surface area contributed by atoms with Crippen LogP contribution in [0.5, 0.6) is 0 Å². The number of alkyl halides is 3. The first-order chi connectivity index (χ1) is 14.9. The number of likely N-dealkylation sites (N-methyl/N-ethyl adjacent to an activating group) is 1. The van der Waals surface area contributed by atoms with Gasteiger partial charge in [-0.05, 0) is 57.6 Å². The van der Waals surface area contributed by atoms with Gasteiger partial charge < -0.3 is 25.2 Å². The lowest BCUT2D eigenvalue weighted by Gasteiger charge is -2.20. The number of halogens is 3. The summed E-state index contributed by atoms with van der Waals surface area (Å²) in [6.07, 6.45) is -2.02. The maximum Gasteiger partial charge on any atom is 0.411 e. The van der Waals surface area contributed by atoms with E-state index in [2.05, 4.69) is 37.2 Å². The van der Waals surface area contributed by atoms with Crippen LogP contribution in [0.15, 0.2) is 29.3 Å². The Morgan fingerprint density at radius 1 is 1.06 bits per heavy atom. The molecule has 1 aromatic carbocycles. The molecule has 9 heteroatoms. The quantitative estimate of drug-likeness (QED) is 0.331. The highest BCUT2D eigenvalue weighted by Crippen LogP contribution is 2.16. The second-order valence-corrected chi connectivity index (χ2v) is 7.90. The topological polar surface area (TPSA) is 52.1 Å². The monoisotopic (exact) mass is 443 g/mol. The van der Waals surface area contributed by atoms with Gasteiger partial charge in [0.25, 0.3) is 0 Å². The predicted molar refractivity (Wildman–Crippen MR) is 118 cm³/mol. The number of nitrogens with zero attached hydrogens (tertiary/aromatic N) is 3. The average Bonchev–Trinajstić information content (AvgIpc) is 2.93. The van der Waals surface area contributed by atoms with Crippen molar-refractivity contribution in [2.45, 2.75) is 39.1 Å². The van der Waals surface area contributed by atoms with Crippen molar-refractivity contribution in [3.8, 4) is 0 Å². The molecule has 0 amide bonds. The third-order valence-corrected chi connectivity index (χ3v) is 5.08. The molecule has 0 radical (unpaired) electrons. The molecule has 0 aliphatic carbocycles. The smallest absolute Gasteiger partial charge is 0.367 e. The number of ether oxygens (including phenoxy) is 1. The summed E-state index contributed by atoms with van der Waals surface area (Å²) in [5.74, 6) is 0.774. The molecule has 1 fully saturated rings. The van der Waals surface area contributed by atoms with Gasteiger partial charge in [-0.15, -0.1) is 0 Å². The molecule has 31 heavy (non-hydrogen) atoms. The van der Waals surface area contributed by atoms with Gasteiger partial charge in [0.1, 0.15) is 6.61 Å². The fourth-order valence-corrected chi connectivity index (χ4v) is 3.37. The molecular formula is C22H36F3N5O. The zero-order valence-electron chi connectivity index (χ0n) is 18.7. The molecule has 0 unspecified atom stereocenters. The van der Waals surface area contributed by atoms with Crippen molar-refractivity contribution in [2.24, 2.45) is 4.99 Å². The summed E-state index contributed by atoms with van der Waals surface area (Å²) in [6, 6.07) is 7.30. The van der Waals surface area contributed by atoms with Crippen molar-refractivity contribution in [1.29, 1.82) is 0 Å². The Labute approximate surface area is 183 Å². The van der Waals surface area contributed by atoms with Crippen molar-refractivity contribution in [3.63, 3.8) is 0 Å². The first-order valence-corrected chi connectivity index (χ1v) is 11.0. The number of aliphatic imine (C=N–C) groups is 1. The van der Waals surface area contributed by atoms with Crippen LogP contribution in [-0.2, 0) is 17.9 Å². The maximum atomic E-state index is 12.1. The Kier molecular flexibility index (Phi) is 11.1. The van der Waals surface area contributed by atoms with Crippen LogP contribution in [0.1, 0.15) is 30.9 Å². The molecule has 0 spiro atoms. The fourth-order valence-electron chi connectivity index (χ4n) is 3.37. The molecule has 0 saturated carbocycles. The molecule has 1 aromatic rings. The van der Waals surface area contributed by atoms with Crippen LogP contribution < -0.4 is 10.6 Å². The van der Waals surface area contributed by atoms with Crippen molar-refractivity contribution in [1.82, 2.24) is 20.4 Å². The summed E-state index contributed by atoms with van der Waals surface area (Å²) in [5, 5.41) is 6.64.